The van der Waals surface area contributed by atoms with Crippen LogP contribution in [0.15, 0.2) is 35.2 Å². The van der Waals surface area contributed by atoms with Gasteiger partial charge < -0.3 is 14.6 Å². The molecule has 106 valence electrons. The maximum atomic E-state index is 12.2. The van der Waals surface area contributed by atoms with E-state index in [1.54, 1.807) is 19.4 Å². The van der Waals surface area contributed by atoms with E-state index in [9.17, 15) is 4.79 Å². The van der Waals surface area contributed by atoms with Gasteiger partial charge in [0.25, 0.3) is 5.91 Å². The molecule has 2 heterocycles. The number of carbonyl (C=O) groups is 1. The van der Waals surface area contributed by atoms with Gasteiger partial charge in [0.1, 0.15) is 10.3 Å². The lowest BCUT2D eigenvalue weighted by molar-refractivity contribution is 0.101. The van der Waals surface area contributed by atoms with E-state index in [1.165, 1.54) is 0 Å². The van der Waals surface area contributed by atoms with Crippen LogP contribution in [0.2, 0.25) is 0 Å². The van der Waals surface area contributed by atoms with Gasteiger partial charge in [-0.15, -0.1) is 0 Å². The Kier molecular flexibility index (Phi) is 4.92. The number of nitrogens with zero attached hydrogens (tertiary/aromatic N) is 2. The van der Waals surface area contributed by atoms with Crippen LogP contribution >= 0.6 is 15.9 Å². The molecule has 0 radical (unpaired) electrons. The molecule has 0 unspecified atom stereocenters. The quantitative estimate of drug-likeness (QED) is 0.853. The Balaban J connectivity index is 2.11. The van der Waals surface area contributed by atoms with Gasteiger partial charge in [-0.1, -0.05) is 0 Å². The van der Waals surface area contributed by atoms with Crippen LogP contribution < -0.4 is 5.32 Å². The molecule has 0 saturated heterocycles. The number of nitrogens with one attached hydrogen (secondary N) is 1. The standard InChI is InChI=1S/C14H16BrN3O2/c1-10-8-11(9-16-13(10)15)17-14(19)12-4-3-5-18(12)6-7-20-2/h3-5,8-9H,6-7H2,1-2H3,(H,17,19). The van der Waals surface area contributed by atoms with Crippen molar-refractivity contribution in [2.24, 2.45) is 0 Å². The highest BCUT2D eigenvalue weighted by atomic mass is 79.9. The van der Waals surface area contributed by atoms with Crippen molar-refractivity contribution in [1.29, 1.82) is 0 Å². The van der Waals surface area contributed by atoms with Crippen molar-refractivity contribution in [3.8, 4) is 0 Å². The highest BCUT2D eigenvalue weighted by Crippen LogP contribution is 2.17. The summed E-state index contributed by atoms with van der Waals surface area (Å²) in [6.07, 6.45) is 3.48. The van der Waals surface area contributed by atoms with Crippen molar-refractivity contribution in [3.63, 3.8) is 0 Å². The average Bonchev–Trinajstić information content (AvgIpc) is 2.89. The number of halogens is 1. The molecule has 6 heteroatoms. The third-order valence-corrected chi connectivity index (χ3v) is 3.70. The Labute approximate surface area is 126 Å². The number of methoxy groups -OCH3 is 1. The number of ether oxygens (including phenoxy) is 1. The average molecular weight is 338 g/mol. The zero-order chi connectivity index (χ0) is 14.5. The van der Waals surface area contributed by atoms with E-state index < -0.39 is 0 Å². The molecule has 0 aliphatic rings. The summed E-state index contributed by atoms with van der Waals surface area (Å²) >= 11 is 3.33. The molecule has 2 rings (SSSR count). The van der Waals surface area contributed by atoms with Gasteiger partial charge in [0.15, 0.2) is 0 Å². The van der Waals surface area contributed by atoms with Gasteiger partial charge in [-0.2, -0.15) is 0 Å². The Morgan fingerprint density at radius 1 is 1.55 bits per heavy atom. The van der Waals surface area contributed by atoms with Crippen LogP contribution in [-0.2, 0) is 11.3 Å². The van der Waals surface area contributed by atoms with E-state index >= 15 is 0 Å². The topological polar surface area (TPSA) is 56.1 Å². The smallest absolute Gasteiger partial charge is 0.272 e. The number of anilines is 1. The molecular weight excluding hydrogens is 322 g/mol. The lowest BCUT2D eigenvalue weighted by Gasteiger charge is -2.10. The minimum absolute atomic E-state index is 0.158. The predicted octanol–water partition coefficient (Wildman–Crippen LogP) is 2.85. The van der Waals surface area contributed by atoms with Gasteiger partial charge in [-0.05, 0) is 46.6 Å². The molecule has 1 N–H and O–H groups in total. The summed E-state index contributed by atoms with van der Waals surface area (Å²) in [7, 11) is 1.64. The summed E-state index contributed by atoms with van der Waals surface area (Å²) in [4.78, 5) is 16.4. The van der Waals surface area contributed by atoms with Crippen molar-refractivity contribution in [2.45, 2.75) is 13.5 Å². The molecular formula is C14H16BrN3O2. The molecule has 0 atom stereocenters. The maximum Gasteiger partial charge on any atom is 0.272 e. The second kappa shape index (κ2) is 6.67. The lowest BCUT2D eigenvalue weighted by Crippen LogP contribution is -2.18. The Morgan fingerprint density at radius 3 is 3.05 bits per heavy atom. The van der Waals surface area contributed by atoms with Crippen LogP contribution in [0.3, 0.4) is 0 Å². The highest BCUT2D eigenvalue weighted by Gasteiger charge is 2.11. The number of carbonyl (C=O) groups excluding carboxylic acids is 1. The Morgan fingerprint density at radius 2 is 2.35 bits per heavy atom. The van der Waals surface area contributed by atoms with Gasteiger partial charge in [0, 0.05) is 19.9 Å². The molecule has 0 fully saturated rings. The largest absolute Gasteiger partial charge is 0.383 e. The fourth-order valence-corrected chi connectivity index (χ4v) is 2.04. The first kappa shape index (κ1) is 14.7. The van der Waals surface area contributed by atoms with Crippen LogP contribution in [-0.4, -0.2) is 29.2 Å². The SMILES string of the molecule is COCCn1cccc1C(=O)Nc1cnc(Br)c(C)c1. The van der Waals surface area contributed by atoms with Crippen molar-refractivity contribution >= 4 is 27.5 Å². The Bertz CT molecular complexity index is 610. The first-order valence-corrected chi connectivity index (χ1v) is 6.98. The molecule has 0 aliphatic carbocycles. The fourth-order valence-electron chi connectivity index (χ4n) is 1.83. The summed E-state index contributed by atoms with van der Waals surface area (Å²) in [5.41, 5.74) is 2.25. The lowest BCUT2D eigenvalue weighted by atomic mass is 10.3. The summed E-state index contributed by atoms with van der Waals surface area (Å²) in [5, 5.41) is 2.85. The number of amides is 1. The van der Waals surface area contributed by atoms with Crippen molar-refractivity contribution in [3.05, 3.63) is 46.5 Å². The fraction of sp³-hybridized carbons (Fsp3) is 0.286. The third kappa shape index (κ3) is 3.46. The van der Waals surface area contributed by atoms with Crippen LogP contribution in [0.25, 0.3) is 0 Å². The van der Waals surface area contributed by atoms with E-state index in [-0.39, 0.29) is 5.91 Å². The number of rotatable bonds is 5. The van der Waals surface area contributed by atoms with E-state index in [1.807, 2.05) is 29.8 Å². The first-order chi connectivity index (χ1) is 9.61. The van der Waals surface area contributed by atoms with E-state index in [0.29, 0.717) is 24.5 Å². The normalized spacial score (nSPS) is 10.6. The monoisotopic (exact) mass is 337 g/mol. The van der Waals surface area contributed by atoms with E-state index in [0.717, 1.165) is 10.2 Å². The number of aromatic nitrogens is 2. The number of aryl methyl sites for hydroxylation is 1. The van der Waals surface area contributed by atoms with Gasteiger partial charge in [-0.25, -0.2) is 4.98 Å². The van der Waals surface area contributed by atoms with Gasteiger partial charge in [-0.3, -0.25) is 4.79 Å². The molecule has 0 aromatic carbocycles. The van der Waals surface area contributed by atoms with Gasteiger partial charge in [0.05, 0.1) is 18.5 Å². The summed E-state index contributed by atoms with van der Waals surface area (Å²) in [5.74, 6) is -0.158. The second-order valence-electron chi connectivity index (χ2n) is 4.37. The molecule has 20 heavy (non-hydrogen) atoms. The van der Waals surface area contributed by atoms with Crippen LogP contribution in [0, 0.1) is 6.92 Å². The zero-order valence-corrected chi connectivity index (χ0v) is 13.0. The molecule has 0 saturated carbocycles. The van der Waals surface area contributed by atoms with Crippen LogP contribution in [0.5, 0.6) is 0 Å². The zero-order valence-electron chi connectivity index (χ0n) is 11.4. The van der Waals surface area contributed by atoms with Gasteiger partial charge in [0.2, 0.25) is 0 Å². The second-order valence-corrected chi connectivity index (χ2v) is 5.12. The van der Waals surface area contributed by atoms with Crippen molar-refractivity contribution < 1.29 is 9.53 Å². The van der Waals surface area contributed by atoms with Crippen molar-refractivity contribution in [2.75, 3.05) is 19.0 Å². The highest BCUT2D eigenvalue weighted by molar-refractivity contribution is 9.10. The summed E-state index contributed by atoms with van der Waals surface area (Å²) < 4.78 is 7.67. The molecule has 1 amide bonds. The summed E-state index contributed by atoms with van der Waals surface area (Å²) in [6, 6.07) is 5.50. The molecule has 0 aliphatic heterocycles. The minimum atomic E-state index is -0.158. The van der Waals surface area contributed by atoms with E-state index in [2.05, 4.69) is 26.2 Å². The molecule has 2 aromatic heterocycles. The minimum Gasteiger partial charge on any atom is -0.383 e. The van der Waals surface area contributed by atoms with Crippen LogP contribution in [0.1, 0.15) is 16.1 Å². The number of pyridine rings is 1. The first-order valence-electron chi connectivity index (χ1n) is 6.19. The maximum absolute atomic E-state index is 12.2. The summed E-state index contributed by atoms with van der Waals surface area (Å²) in [6.45, 7) is 3.13. The third-order valence-electron chi connectivity index (χ3n) is 2.87. The molecule has 5 nitrogen and oxygen atoms in total. The molecule has 0 spiro atoms. The number of hydrogen-bond acceptors (Lipinski definition) is 3. The predicted molar refractivity (Wildman–Crippen MR) is 80.9 cm³/mol. The number of hydrogen-bond donors (Lipinski definition) is 1. The van der Waals surface area contributed by atoms with Gasteiger partial charge >= 0.3 is 0 Å². The van der Waals surface area contributed by atoms with Crippen LogP contribution in [0.4, 0.5) is 5.69 Å². The molecule has 0 bridgehead atoms. The molecule has 2 aromatic rings. The van der Waals surface area contributed by atoms with Crippen molar-refractivity contribution in [1.82, 2.24) is 9.55 Å². The Hall–Kier alpha value is -1.66. The van der Waals surface area contributed by atoms with E-state index in [4.69, 9.17) is 4.74 Å².